The van der Waals surface area contributed by atoms with Crippen molar-refractivity contribution in [2.75, 3.05) is 25.0 Å². The zero-order chi connectivity index (χ0) is 23.2. The van der Waals surface area contributed by atoms with Crippen molar-refractivity contribution in [3.8, 4) is 28.5 Å². The van der Waals surface area contributed by atoms with Crippen molar-refractivity contribution in [1.29, 1.82) is 5.26 Å². The number of hydrogen-bond donors (Lipinski definition) is 1. The molecule has 170 valence electrons. The highest BCUT2D eigenvalue weighted by molar-refractivity contribution is 6.29. The number of nitrogens with zero attached hydrogens (tertiary/aromatic N) is 6. The Morgan fingerprint density at radius 1 is 1.09 bits per heavy atom. The standard InChI is InChI=1S/C26H24ClN7/c1-16-11-20(13-22(27)29-16)24-25(19-4-2-3-17(12-19)14-28)32-34-10-7-23(31-26(24)34)30-21-15-33-8-5-18(21)6-9-33/h2-4,7,10-13,18,21H,5-6,8-9,15H2,1H3,(H,30,31). The van der Waals surface area contributed by atoms with Crippen LogP contribution >= 0.6 is 11.6 Å². The lowest BCUT2D eigenvalue weighted by Crippen LogP contribution is -2.53. The van der Waals surface area contributed by atoms with E-state index in [2.05, 4.69) is 21.3 Å². The Morgan fingerprint density at radius 3 is 2.68 bits per heavy atom. The molecule has 1 aromatic carbocycles. The summed E-state index contributed by atoms with van der Waals surface area (Å²) < 4.78 is 1.80. The molecule has 0 aliphatic carbocycles. The van der Waals surface area contributed by atoms with Crippen LogP contribution in [0.2, 0.25) is 5.15 Å². The van der Waals surface area contributed by atoms with Crippen LogP contribution in [-0.2, 0) is 0 Å². The van der Waals surface area contributed by atoms with Gasteiger partial charge in [-0.25, -0.2) is 14.5 Å². The molecular weight excluding hydrogens is 446 g/mol. The van der Waals surface area contributed by atoms with Gasteiger partial charge < -0.3 is 10.2 Å². The average molecular weight is 470 g/mol. The Kier molecular flexibility index (Phi) is 5.20. The van der Waals surface area contributed by atoms with Gasteiger partial charge in [0.1, 0.15) is 16.7 Å². The number of anilines is 1. The van der Waals surface area contributed by atoms with E-state index < -0.39 is 0 Å². The number of rotatable bonds is 4. The minimum atomic E-state index is 0.410. The minimum absolute atomic E-state index is 0.410. The van der Waals surface area contributed by atoms with Crippen molar-refractivity contribution in [3.63, 3.8) is 0 Å². The maximum atomic E-state index is 9.42. The molecule has 3 aliphatic heterocycles. The molecule has 8 heteroatoms. The summed E-state index contributed by atoms with van der Waals surface area (Å²) in [6.45, 7) is 5.39. The number of benzene rings is 1. The summed E-state index contributed by atoms with van der Waals surface area (Å²) in [6.07, 6.45) is 4.43. The molecule has 3 aromatic heterocycles. The number of nitriles is 1. The molecule has 0 saturated carbocycles. The van der Waals surface area contributed by atoms with Gasteiger partial charge in [0.25, 0.3) is 0 Å². The molecule has 0 radical (unpaired) electrons. The Bertz CT molecular complexity index is 1410. The van der Waals surface area contributed by atoms with Gasteiger partial charge in [-0.15, -0.1) is 0 Å². The molecule has 1 unspecified atom stereocenters. The van der Waals surface area contributed by atoms with Gasteiger partial charge in [-0.3, -0.25) is 0 Å². The number of pyridine rings is 1. The molecule has 1 N–H and O–H groups in total. The molecule has 3 fully saturated rings. The summed E-state index contributed by atoms with van der Waals surface area (Å²) in [7, 11) is 0. The predicted octanol–water partition coefficient (Wildman–Crippen LogP) is 4.80. The first kappa shape index (κ1) is 21.1. The number of nitrogens with one attached hydrogen (secondary N) is 1. The maximum Gasteiger partial charge on any atom is 0.165 e. The first-order chi connectivity index (χ1) is 16.6. The summed E-state index contributed by atoms with van der Waals surface area (Å²) in [4.78, 5) is 11.9. The Morgan fingerprint density at radius 2 is 1.94 bits per heavy atom. The normalized spacial score (nSPS) is 21.5. The van der Waals surface area contributed by atoms with Gasteiger partial charge in [0.15, 0.2) is 5.65 Å². The van der Waals surface area contributed by atoms with Crippen molar-refractivity contribution in [1.82, 2.24) is 24.5 Å². The van der Waals surface area contributed by atoms with Crippen LogP contribution in [0.3, 0.4) is 0 Å². The van der Waals surface area contributed by atoms with E-state index in [1.165, 1.54) is 25.9 Å². The molecule has 7 rings (SSSR count). The maximum absolute atomic E-state index is 9.42. The van der Waals surface area contributed by atoms with E-state index >= 15 is 0 Å². The topological polar surface area (TPSA) is 82.1 Å². The molecule has 3 aliphatic rings. The van der Waals surface area contributed by atoms with Crippen LogP contribution in [0.4, 0.5) is 5.82 Å². The lowest BCUT2D eigenvalue weighted by Gasteiger charge is -2.45. The summed E-state index contributed by atoms with van der Waals surface area (Å²) in [6, 6.07) is 15.9. The monoisotopic (exact) mass is 469 g/mol. The minimum Gasteiger partial charge on any atom is -0.366 e. The Hall–Kier alpha value is -3.47. The molecule has 3 saturated heterocycles. The van der Waals surface area contributed by atoms with Crippen LogP contribution in [0.25, 0.3) is 28.0 Å². The van der Waals surface area contributed by atoms with Crippen LogP contribution in [0, 0.1) is 24.2 Å². The average Bonchev–Trinajstić information content (AvgIpc) is 3.23. The third-order valence-electron chi connectivity index (χ3n) is 6.95. The molecule has 7 nitrogen and oxygen atoms in total. The lowest BCUT2D eigenvalue weighted by molar-refractivity contribution is 0.0974. The smallest absolute Gasteiger partial charge is 0.165 e. The molecule has 2 bridgehead atoms. The predicted molar refractivity (Wildman–Crippen MR) is 133 cm³/mol. The number of hydrogen-bond acceptors (Lipinski definition) is 6. The van der Waals surface area contributed by atoms with Crippen molar-refractivity contribution in [2.24, 2.45) is 5.92 Å². The van der Waals surface area contributed by atoms with Gasteiger partial charge in [-0.1, -0.05) is 23.7 Å². The Labute approximate surface area is 203 Å². The molecule has 1 atom stereocenters. The summed E-state index contributed by atoms with van der Waals surface area (Å²) in [5.41, 5.74) is 5.54. The highest BCUT2D eigenvalue weighted by atomic mass is 35.5. The van der Waals surface area contributed by atoms with Crippen molar-refractivity contribution >= 4 is 23.1 Å². The fraction of sp³-hybridized carbons (Fsp3) is 0.308. The quantitative estimate of drug-likeness (QED) is 0.432. The first-order valence-electron chi connectivity index (χ1n) is 11.6. The summed E-state index contributed by atoms with van der Waals surface area (Å²) >= 11 is 6.34. The fourth-order valence-corrected chi connectivity index (χ4v) is 5.56. The second-order valence-electron chi connectivity index (χ2n) is 9.21. The summed E-state index contributed by atoms with van der Waals surface area (Å²) in [5.74, 6) is 1.54. The molecule has 4 aromatic rings. The largest absolute Gasteiger partial charge is 0.366 e. The highest BCUT2D eigenvalue weighted by Gasteiger charge is 2.34. The van der Waals surface area contributed by atoms with Gasteiger partial charge in [0.05, 0.1) is 17.2 Å². The zero-order valence-corrected chi connectivity index (χ0v) is 19.6. The number of aromatic nitrogens is 4. The number of aryl methyl sites for hydroxylation is 1. The van der Waals surface area contributed by atoms with Gasteiger partial charge in [0, 0.05) is 30.0 Å². The molecule has 6 heterocycles. The van der Waals surface area contributed by atoms with Crippen molar-refractivity contribution < 1.29 is 0 Å². The van der Waals surface area contributed by atoms with E-state index in [4.69, 9.17) is 21.7 Å². The Balaban J connectivity index is 1.49. The van der Waals surface area contributed by atoms with Gasteiger partial charge in [-0.05, 0) is 74.7 Å². The van der Waals surface area contributed by atoms with E-state index in [1.54, 1.807) is 10.6 Å². The zero-order valence-electron chi connectivity index (χ0n) is 18.9. The molecule has 34 heavy (non-hydrogen) atoms. The molecule has 0 spiro atoms. The van der Waals surface area contributed by atoms with Gasteiger partial charge >= 0.3 is 0 Å². The van der Waals surface area contributed by atoms with Crippen LogP contribution in [0.1, 0.15) is 24.1 Å². The third kappa shape index (κ3) is 3.79. The molecule has 0 amide bonds. The number of fused-ring (bicyclic) bond motifs is 4. The van der Waals surface area contributed by atoms with Crippen LogP contribution in [0.15, 0.2) is 48.7 Å². The van der Waals surface area contributed by atoms with Gasteiger partial charge in [-0.2, -0.15) is 10.4 Å². The summed E-state index contributed by atoms with van der Waals surface area (Å²) in [5, 5.41) is 18.4. The number of piperidine rings is 3. The van der Waals surface area contributed by atoms with E-state index in [1.807, 2.05) is 49.5 Å². The third-order valence-corrected chi connectivity index (χ3v) is 7.14. The van der Waals surface area contributed by atoms with Crippen molar-refractivity contribution in [2.45, 2.75) is 25.8 Å². The first-order valence-corrected chi connectivity index (χ1v) is 12.0. The second-order valence-corrected chi connectivity index (χ2v) is 9.59. The van der Waals surface area contributed by atoms with E-state index in [-0.39, 0.29) is 0 Å². The van der Waals surface area contributed by atoms with Gasteiger partial charge in [0.2, 0.25) is 0 Å². The van der Waals surface area contributed by atoms with Crippen LogP contribution in [-0.4, -0.2) is 50.2 Å². The van der Waals surface area contributed by atoms with Crippen molar-refractivity contribution in [3.05, 3.63) is 65.1 Å². The van der Waals surface area contributed by atoms with Crippen LogP contribution < -0.4 is 5.32 Å². The van der Waals surface area contributed by atoms with E-state index in [9.17, 15) is 5.26 Å². The SMILES string of the molecule is Cc1cc(-c2c(-c3cccc(C#N)c3)nn3ccc(NC4CN5CCC4CC5)nc23)cc(Cl)n1. The van der Waals surface area contributed by atoms with E-state index in [0.717, 1.165) is 46.1 Å². The lowest BCUT2D eigenvalue weighted by atomic mass is 9.84. The van der Waals surface area contributed by atoms with E-state index in [0.29, 0.717) is 22.7 Å². The highest BCUT2D eigenvalue weighted by Crippen LogP contribution is 2.37. The molecular formula is C26H24ClN7. The fourth-order valence-electron chi connectivity index (χ4n) is 5.30. The number of halogens is 1. The van der Waals surface area contributed by atoms with Crippen LogP contribution in [0.5, 0.6) is 0 Å². The second kappa shape index (κ2) is 8.39.